The molecule has 27 heavy (non-hydrogen) atoms. The van der Waals surface area contributed by atoms with E-state index in [1.165, 1.54) is 4.57 Å². The van der Waals surface area contributed by atoms with Crippen molar-refractivity contribution in [1.29, 1.82) is 0 Å². The lowest BCUT2D eigenvalue weighted by Crippen LogP contribution is -2.29. The third kappa shape index (κ3) is 3.87. The van der Waals surface area contributed by atoms with E-state index in [0.29, 0.717) is 30.1 Å². The van der Waals surface area contributed by atoms with Crippen LogP contribution >= 0.6 is 0 Å². The minimum Gasteiger partial charge on any atom is -0.497 e. The number of methoxy groups -OCH3 is 1. The van der Waals surface area contributed by atoms with Gasteiger partial charge < -0.3 is 19.7 Å². The van der Waals surface area contributed by atoms with Crippen LogP contribution in [0.4, 0.5) is 5.95 Å². The number of hydrogen-bond acceptors (Lipinski definition) is 6. The Balaban J connectivity index is 1.99. The molecule has 9 heteroatoms. The number of benzene rings is 1. The molecule has 0 radical (unpaired) electrons. The van der Waals surface area contributed by atoms with Crippen molar-refractivity contribution >= 4 is 17.1 Å². The number of aliphatic hydroxyl groups excluding tert-OH is 1. The molecule has 2 heterocycles. The highest BCUT2D eigenvalue weighted by atomic mass is 16.5. The highest BCUT2D eigenvalue weighted by Crippen LogP contribution is 2.18. The van der Waals surface area contributed by atoms with E-state index in [0.717, 1.165) is 11.3 Å². The van der Waals surface area contributed by atoms with Crippen molar-refractivity contribution < 1.29 is 9.84 Å². The summed E-state index contributed by atoms with van der Waals surface area (Å²) < 4.78 is 8.20. The fourth-order valence-corrected chi connectivity index (χ4v) is 2.86. The van der Waals surface area contributed by atoms with Crippen LogP contribution in [0.2, 0.25) is 0 Å². The molecule has 3 rings (SSSR count). The summed E-state index contributed by atoms with van der Waals surface area (Å²) >= 11 is 0. The number of imidazole rings is 1. The van der Waals surface area contributed by atoms with Gasteiger partial charge in [0, 0.05) is 20.1 Å². The summed E-state index contributed by atoms with van der Waals surface area (Å²) in [7, 11) is 3.17. The lowest BCUT2D eigenvalue weighted by Gasteiger charge is -2.12. The minimum atomic E-state index is -0.582. The molecule has 0 bridgehead atoms. The Bertz CT molecular complexity index is 1050. The van der Waals surface area contributed by atoms with E-state index in [-0.39, 0.29) is 6.54 Å². The summed E-state index contributed by atoms with van der Waals surface area (Å²) in [5.74, 6) is 1.21. The zero-order chi connectivity index (χ0) is 19.6. The molecular formula is C18H23N5O4. The Hall–Kier alpha value is -3.07. The van der Waals surface area contributed by atoms with Gasteiger partial charge in [-0.1, -0.05) is 12.1 Å². The van der Waals surface area contributed by atoms with Gasteiger partial charge in [-0.2, -0.15) is 4.98 Å². The highest BCUT2D eigenvalue weighted by Gasteiger charge is 2.17. The Morgan fingerprint density at radius 3 is 2.63 bits per heavy atom. The number of nitrogens with zero attached hydrogens (tertiary/aromatic N) is 3. The van der Waals surface area contributed by atoms with Crippen molar-refractivity contribution in [2.45, 2.75) is 26.0 Å². The van der Waals surface area contributed by atoms with Gasteiger partial charge in [-0.25, -0.2) is 4.79 Å². The quantitative estimate of drug-likeness (QED) is 0.555. The summed E-state index contributed by atoms with van der Waals surface area (Å²) in [5.41, 5.74) is 0.681. The average molecular weight is 373 g/mol. The van der Waals surface area contributed by atoms with Crippen molar-refractivity contribution in [3.63, 3.8) is 0 Å². The van der Waals surface area contributed by atoms with E-state index < -0.39 is 17.4 Å². The molecule has 3 aromatic rings. The monoisotopic (exact) mass is 373 g/mol. The van der Waals surface area contributed by atoms with Gasteiger partial charge in [0.05, 0.1) is 13.2 Å². The normalized spacial score (nSPS) is 12.3. The molecule has 0 aliphatic heterocycles. The number of rotatable bonds is 7. The molecule has 0 aliphatic rings. The summed E-state index contributed by atoms with van der Waals surface area (Å²) in [6, 6.07) is 7.68. The Morgan fingerprint density at radius 1 is 1.30 bits per heavy atom. The molecule has 9 nitrogen and oxygen atoms in total. The maximum Gasteiger partial charge on any atom is 0.329 e. The summed E-state index contributed by atoms with van der Waals surface area (Å²) in [4.78, 5) is 31.0. The van der Waals surface area contributed by atoms with Crippen LogP contribution < -0.4 is 21.3 Å². The SMILES string of the molecule is COc1ccc(CCn2c(NC[C@H](C)O)nc3c2c(=O)[nH]c(=O)n3C)cc1. The smallest absolute Gasteiger partial charge is 0.329 e. The summed E-state index contributed by atoms with van der Waals surface area (Å²) in [5, 5.41) is 12.6. The first kappa shape index (κ1) is 18.7. The molecule has 2 aromatic heterocycles. The topological polar surface area (TPSA) is 114 Å². The molecular weight excluding hydrogens is 350 g/mol. The molecule has 0 saturated carbocycles. The van der Waals surface area contributed by atoms with Gasteiger partial charge in [0.25, 0.3) is 5.56 Å². The largest absolute Gasteiger partial charge is 0.497 e. The third-order valence-electron chi connectivity index (χ3n) is 4.35. The van der Waals surface area contributed by atoms with Crippen LogP contribution in [-0.4, -0.2) is 44.0 Å². The molecule has 1 atom stereocenters. The Morgan fingerprint density at radius 2 is 2.00 bits per heavy atom. The maximum atomic E-state index is 12.4. The zero-order valence-corrected chi connectivity index (χ0v) is 15.5. The predicted molar refractivity (Wildman–Crippen MR) is 102 cm³/mol. The summed E-state index contributed by atoms with van der Waals surface area (Å²) in [6.45, 7) is 2.41. The van der Waals surface area contributed by atoms with Crippen LogP contribution in [0.15, 0.2) is 33.9 Å². The number of fused-ring (bicyclic) bond motifs is 1. The van der Waals surface area contributed by atoms with Gasteiger partial charge in [-0.3, -0.25) is 14.3 Å². The van der Waals surface area contributed by atoms with Crippen LogP contribution in [0.5, 0.6) is 5.75 Å². The second-order valence-electron chi connectivity index (χ2n) is 6.41. The second kappa shape index (κ2) is 7.67. The number of aromatic nitrogens is 4. The van der Waals surface area contributed by atoms with Crippen LogP contribution in [0.3, 0.4) is 0 Å². The van der Waals surface area contributed by atoms with E-state index in [2.05, 4.69) is 15.3 Å². The zero-order valence-electron chi connectivity index (χ0n) is 15.5. The van der Waals surface area contributed by atoms with Gasteiger partial charge >= 0.3 is 5.69 Å². The van der Waals surface area contributed by atoms with Crippen LogP contribution in [-0.2, 0) is 20.0 Å². The fourth-order valence-electron chi connectivity index (χ4n) is 2.86. The first-order valence-corrected chi connectivity index (χ1v) is 8.65. The average Bonchev–Trinajstić information content (AvgIpc) is 3.02. The maximum absolute atomic E-state index is 12.4. The summed E-state index contributed by atoms with van der Waals surface area (Å²) in [6.07, 6.45) is 0.0723. The molecule has 144 valence electrons. The Kier molecular flexibility index (Phi) is 5.31. The number of aryl methyl sites for hydroxylation is 3. The van der Waals surface area contributed by atoms with Crippen molar-refractivity contribution in [2.24, 2.45) is 7.05 Å². The van der Waals surface area contributed by atoms with Gasteiger partial charge in [0.15, 0.2) is 11.2 Å². The second-order valence-corrected chi connectivity index (χ2v) is 6.41. The number of nitrogens with one attached hydrogen (secondary N) is 2. The van der Waals surface area contributed by atoms with Crippen molar-refractivity contribution in [1.82, 2.24) is 19.1 Å². The predicted octanol–water partition coefficient (Wildman–Crippen LogP) is 0.467. The molecule has 0 spiro atoms. The van der Waals surface area contributed by atoms with Gasteiger partial charge in [-0.05, 0) is 31.0 Å². The van der Waals surface area contributed by atoms with Gasteiger partial charge in [0.2, 0.25) is 5.95 Å². The number of aliphatic hydroxyl groups is 1. The lowest BCUT2D eigenvalue weighted by atomic mass is 10.1. The number of H-pyrrole nitrogens is 1. The first-order chi connectivity index (χ1) is 12.9. The molecule has 0 fully saturated rings. The lowest BCUT2D eigenvalue weighted by molar-refractivity contribution is 0.208. The molecule has 0 aliphatic carbocycles. The van der Waals surface area contributed by atoms with Gasteiger partial charge in [-0.15, -0.1) is 0 Å². The van der Waals surface area contributed by atoms with Crippen molar-refractivity contribution in [2.75, 3.05) is 19.0 Å². The first-order valence-electron chi connectivity index (χ1n) is 8.65. The van der Waals surface area contributed by atoms with Crippen LogP contribution in [0.1, 0.15) is 12.5 Å². The molecule has 3 N–H and O–H groups in total. The van der Waals surface area contributed by atoms with Crippen molar-refractivity contribution in [3.8, 4) is 5.75 Å². The number of anilines is 1. The van der Waals surface area contributed by atoms with E-state index in [4.69, 9.17) is 4.74 Å². The number of ether oxygens (including phenoxy) is 1. The van der Waals surface area contributed by atoms with E-state index in [9.17, 15) is 14.7 Å². The molecule has 0 saturated heterocycles. The van der Waals surface area contributed by atoms with Crippen LogP contribution in [0.25, 0.3) is 11.2 Å². The fraction of sp³-hybridized carbons (Fsp3) is 0.389. The highest BCUT2D eigenvalue weighted by molar-refractivity contribution is 5.74. The van der Waals surface area contributed by atoms with Gasteiger partial charge in [0.1, 0.15) is 5.75 Å². The minimum absolute atomic E-state index is 0.276. The van der Waals surface area contributed by atoms with Crippen LogP contribution in [0, 0.1) is 0 Å². The molecule has 1 aromatic carbocycles. The number of aromatic amines is 1. The molecule has 0 amide bonds. The van der Waals surface area contributed by atoms with E-state index in [1.807, 2.05) is 24.3 Å². The van der Waals surface area contributed by atoms with Crippen molar-refractivity contribution in [3.05, 3.63) is 50.7 Å². The Labute approximate surface area is 155 Å². The molecule has 0 unspecified atom stereocenters. The van der Waals surface area contributed by atoms with E-state index in [1.54, 1.807) is 25.6 Å². The standard InChI is InChI=1S/C18H23N5O4/c1-11(24)10-19-17-20-15-14(16(25)21-18(26)22(15)2)23(17)9-8-12-4-6-13(27-3)7-5-12/h4-7,11,24H,8-10H2,1-3H3,(H,19,20)(H,21,25,26)/t11-/m0/s1. The number of hydrogen-bond donors (Lipinski definition) is 3. The van der Waals surface area contributed by atoms with E-state index >= 15 is 0 Å². The third-order valence-corrected chi connectivity index (χ3v) is 4.35.